The Labute approximate surface area is 122 Å². The van der Waals surface area contributed by atoms with Crippen LogP contribution in [0.5, 0.6) is 0 Å². The van der Waals surface area contributed by atoms with Gasteiger partial charge in [0.2, 0.25) is 11.8 Å². The van der Waals surface area contributed by atoms with E-state index >= 15 is 0 Å². The maximum absolute atomic E-state index is 12.1. The molecule has 0 bridgehead atoms. The molecule has 1 rings (SSSR count). The van der Waals surface area contributed by atoms with Gasteiger partial charge in [0, 0.05) is 26.6 Å². The van der Waals surface area contributed by atoms with Crippen LogP contribution in [0.15, 0.2) is 0 Å². The zero-order valence-electron chi connectivity index (χ0n) is 13.1. The minimum atomic E-state index is 0.0219. The van der Waals surface area contributed by atoms with Crippen LogP contribution < -0.4 is 5.73 Å². The van der Waals surface area contributed by atoms with E-state index in [0.717, 1.165) is 32.4 Å². The van der Waals surface area contributed by atoms with E-state index in [-0.39, 0.29) is 24.3 Å². The smallest absolute Gasteiger partial charge is 0.242 e. The molecule has 0 spiro atoms. The van der Waals surface area contributed by atoms with Gasteiger partial charge in [-0.1, -0.05) is 13.8 Å². The van der Waals surface area contributed by atoms with Crippen LogP contribution in [0.1, 0.15) is 39.5 Å². The summed E-state index contributed by atoms with van der Waals surface area (Å²) in [5, 5.41) is 0. The number of carbonyl (C=O) groups is 2. The lowest BCUT2D eigenvalue weighted by molar-refractivity contribution is -0.139. The van der Waals surface area contributed by atoms with Gasteiger partial charge in [0.1, 0.15) is 0 Å². The van der Waals surface area contributed by atoms with Crippen molar-refractivity contribution in [3.63, 3.8) is 0 Å². The van der Waals surface area contributed by atoms with Gasteiger partial charge in [0.05, 0.1) is 6.54 Å². The lowest BCUT2D eigenvalue weighted by Crippen LogP contribution is -2.40. The van der Waals surface area contributed by atoms with E-state index in [0.29, 0.717) is 18.9 Å². The largest absolute Gasteiger partial charge is 0.341 e. The Balaban J connectivity index is 2.39. The highest BCUT2D eigenvalue weighted by Crippen LogP contribution is 2.15. The Hall–Kier alpha value is -1.10. The molecule has 0 aliphatic carbocycles. The number of hydrogen-bond donors (Lipinski definition) is 1. The molecule has 0 aromatic heterocycles. The molecule has 1 aliphatic rings. The van der Waals surface area contributed by atoms with Crippen LogP contribution in [-0.2, 0) is 9.59 Å². The SMILES string of the molecule is CC(C)C[C@H](CN)CC(=O)N(C)CC(=O)N1CCCC1. The second-order valence-corrected chi connectivity index (χ2v) is 6.27. The highest BCUT2D eigenvalue weighted by Gasteiger charge is 2.22. The summed E-state index contributed by atoms with van der Waals surface area (Å²) >= 11 is 0. The van der Waals surface area contributed by atoms with Crippen molar-refractivity contribution >= 4 is 11.8 Å². The Morgan fingerprint density at radius 2 is 1.85 bits per heavy atom. The van der Waals surface area contributed by atoms with Gasteiger partial charge in [-0.15, -0.1) is 0 Å². The van der Waals surface area contributed by atoms with Gasteiger partial charge in [0.25, 0.3) is 0 Å². The monoisotopic (exact) mass is 283 g/mol. The number of nitrogens with two attached hydrogens (primary N) is 1. The molecule has 5 heteroatoms. The molecule has 1 fully saturated rings. The molecule has 1 aliphatic heterocycles. The first kappa shape index (κ1) is 17.0. The van der Waals surface area contributed by atoms with Crippen molar-refractivity contribution < 1.29 is 9.59 Å². The highest BCUT2D eigenvalue weighted by molar-refractivity contribution is 5.84. The number of likely N-dealkylation sites (tertiary alicyclic amines) is 1. The van der Waals surface area contributed by atoms with Crippen LogP contribution >= 0.6 is 0 Å². The van der Waals surface area contributed by atoms with Gasteiger partial charge in [-0.3, -0.25) is 9.59 Å². The molecule has 1 saturated heterocycles. The van der Waals surface area contributed by atoms with Crippen molar-refractivity contribution in [2.45, 2.75) is 39.5 Å². The molecular weight excluding hydrogens is 254 g/mol. The topological polar surface area (TPSA) is 66.6 Å². The summed E-state index contributed by atoms with van der Waals surface area (Å²) in [6.07, 6.45) is 3.55. The normalized spacial score (nSPS) is 16.6. The number of hydrogen-bond acceptors (Lipinski definition) is 3. The molecule has 2 amide bonds. The number of nitrogens with zero attached hydrogens (tertiary/aromatic N) is 2. The van der Waals surface area contributed by atoms with Crippen LogP contribution in [0.2, 0.25) is 0 Å². The molecule has 5 nitrogen and oxygen atoms in total. The van der Waals surface area contributed by atoms with Crippen molar-refractivity contribution in [3.8, 4) is 0 Å². The number of carbonyl (C=O) groups excluding carboxylic acids is 2. The molecule has 1 heterocycles. The average Bonchev–Trinajstić information content (AvgIpc) is 2.90. The third kappa shape index (κ3) is 5.49. The number of amides is 2. The molecule has 0 aromatic carbocycles. The summed E-state index contributed by atoms with van der Waals surface area (Å²) in [6.45, 7) is 6.65. The maximum atomic E-state index is 12.1. The molecule has 0 aromatic rings. The Kier molecular flexibility index (Phi) is 6.99. The summed E-state index contributed by atoms with van der Waals surface area (Å²) in [4.78, 5) is 27.5. The zero-order chi connectivity index (χ0) is 15.1. The summed E-state index contributed by atoms with van der Waals surface area (Å²) in [6, 6.07) is 0. The van der Waals surface area contributed by atoms with E-state index in [4.69, 9.17) is 5.73 Å². The summed E-state index contributed by atoms with van der Waals surface area (Å²) in [5.74, 6) is 0.833. The zero-order valence-corrected chi connectivity index (χ0v) is 13.1. The van der Waals surface area contributed by atoms with E-state index in [1.54, 1.807) is 11.9 Å². The first-order valence-electron chi connectivity index (χ1n) is 7.65. The summed E-state index contributed by atoms with van der Waals surface area (Å²) < 4.78 is 0. The van der Waals surface area contributed by atoms with Gasteiger partial charge in [-0.05, 0) is 37.6 Å². The maximum Gasteiger partial charge on any atom is 0.242 e. The van der Waals surface area contributed by atoms with Crippen molar-refractivity contribution in [1.29, 1.82) is 0 Å². The Morgan fingerprint density at radius 1 is 1.25 bits per heavy atom. The fourth-order valence-corrected chi connectivity index (χ4v) is 2.69. The highest BCUT2D eigenvalue weighted by atomic mass is 16.2. The van der Waals surface area contributed by atoms with Crippen LogP contribution in [0.25, 0.3) is 0 Å². The molecular formula is C15H29N3O2. The molecule has 2 N–H and O–H groups in total. The minimum Gasteiger partial charge on any atom is -0.341 e. The molecule has 116 valence electrons. The molecule has 0 saturated carbocycles. The lowest BCUT2D eigenvalue weighted by Gasteiger charge is -2.23. The quantitative estimate of drug-likeness (QED) is 0.760. The fraction of sp³-hybridized carbons (Fsp3) is 0.867. The fourth-order valence-electron chi connectivity index (χ4n) is 2.69. The second-order valence-electron chi connectivity index (χ2n) is 6.27. The van der Waals surface area contributed by atoms with E-state index < -0.39 is 0 Å². The second kappa shape index (κ2) is 8.25. The molecule has 20 heavy (non-hydrogen) atoms. The van der Waals surface area contributed by atoms with Gasteiger partial charge in [-0.25, -0.2) is 0 Å². The van der Waals surface area contributed by atoms with E-state index in [9.17, 15) is 9.59 Å². The van der Waals surface area contributed by atoms with Gasteiger partial charge in [0.15, 0.2) is 0 Å². The van der Waals surface area contributed by atoms with Crippen LogP contribution in [0.4, 0.5) is 0 Å². The van der Waals surface area contributed by atoms with Crippen molar-refractivity contribution in [1.82, 2.24) is 9.80 Å². The average molecular weight is 283 g/mol. The van der Waals surface area contributed by atoms with Gasteiger partial charge in [-0.2, -0.15) is 0 Å². The molecule has 1 atom stereocenters. The summed E-state index contributed by atoms with van der Waals surface area (Å²) in [5.41, 5.74) is 5.72. The van der Waals surface area contributed by atoms with Crippen molar-refractivity contribution in [2.24, 2.45) is 17.6 Å². The van der Waals surface area contributed by atoms with E-state index in [1.165, 1.54) is 0 Å². The predicted molar refractivity (Wildman–Crippen MR) is 80.1 cm³/mol. The van der Waals surface area contributed by atoms with E-state index in [1.807, 2.05) is 4.90 Å². The standard InChI is InChI=1S/C15H29N3O2/c1-12(2)8-13(10-16)9-14(19)17(3)11-15(20)18-6-4-5-7-18/h12-13H,4-11,16H2,1-3H3/t13-/m0/s1. The molecule has 0 unspecified atom stereocenters. The lowest BCUT2D eigenvalue weighted by atomic mass is 9.94. The Morgan fingerprint density at radius 3 is 2.35 bits per heavy atom. The predicted octanol–water partition coefficient (Wildman–Crippen LogP) is 1.08. The van der Waals surface area contributed by atoms with Gasteiger partial charge >= 0.3 is 0 Å². The molecule has 0 radical (unpaired) electrons. The van der Waals surface area contributed by atoms with Gasteiger partial charge < -0.3 is 15.5 Å². The third-order valence-corrected chi connectivity index (χ3v) is 3.86. The first-order valence-corrected chi connectivity index (χ1v) is 7.65. The Bertz CT molecular complexity index is 325. The van der Waals surface area contributed by atoms with Crippen LogP contribution in [-0.4, -0.2) is 54.8 Å². The van der Waals surface area contributed by atoms with Crippen molar-refractivity contribution in [2.75, 3.05) is 33.2 Å². The van der Waals surface area contributed by atoms with E-state index in [2.05, 4.69) is 13.8 Å². The minimum absolute atomic E-state index is 0.0219. The van der Waals surface area contributed by atoms with Crippen molar-refractivity contribution in [3.05, 3.63) is 0 Å². The first-order chi connectivity index (χ1) is 9.43. The third-order valence-electron chi connectivity index (χ3n) is 3.86. The van der Waals surface area contributed by atoms with Crippen LogP contribution in [0, 0.1) is 11.8 Å². The summed E-state index contributed by atoms with van der Waals surface area (Å²) in [7, 11) is 1.71. The number of likely N-dealkylation sites (N-methyl/N-ethyl adjacent to an activating group) is 1. The number of rotatable bonds is 7. The van der Waals surface area contributed by atoms with Crippen LogP contribution in [0.3, 0.4) is 0 Å².